The fourth-order valence-electron chi connectivity index (χ4n) is 1.90. The van der Waals surface area contributed by atoms with Gasteiger partial charge in [0.2, 0.25) is 11.8 Å². The Bertz CT molecular complexity index is 789. The van der Waals surface area contributed by atoms with Crippen LogP contribution in [-0.2, 0) is 9.59 Å². The molecule has 1 unspecified atom stereocenters. The molecule has 1 aromatic carbocycles. The summed E-state index contributed by atoms with van der Waals surface area (Å²) in [6.07, 6.45) is 2.62. The molecule has 126 valence electrons. The molecule has 0 saturated heterocycles. The summed E-state index contributed by atoms with van der Waals surface area (Å²) in [6.45, 7) is 0. The molecule has 1 aromatic heterocycles. The summed E-state index contributed by atoms with van der Waals surface area (Å²) in [5.41, 5.74) is 0.127. The zero-order chi connectivity index (χ0) is 17.7. The van der Waals surface area contributed by atoms with E-state index >= 15 is 0 Å². The van der Waals surface area contributed by atoms with Crippen LogP contribution < -0.4 is 10.6 Å². The van der Waals surface area contributed by atoms with E-state index in [1.807, 2.05) is 22.6 Å². The average Bonchev–Trinajstić information content (AvgIpc) is 2.98. The second-order valence-electron chi connectivity index (χ2n) is 4.70. The number of nitrogens with one attached hydrogen (secondary N) is 2. The largest absolute Gasteiger partial charge is 0.451 e. The van der Waals surface area contributed by atoms with Crippen molar-refractivity contribution < 1.29 is 22.8 Å². The molecule has 1 heterocycles. The molecule has 2 N–H and O–H groups in total. The quantitative estimate of drug-likeness (QED) is 0.549. The molecular formula is C16H13F2IN2O3. The Hall–Kier alpha value is -2.23. The van der Waals surface area contributed by atoms with Crippen LogP contribution in [0.25, 0.3) is 6.08 Å². The molecule has 0 aliphatic heterocycles. The van der Waals surface area contributed by atoms with Gasteiger partial charge in [0.05, 0.1) is 0 Å². The molecule has 1 atom stereocenters. The van der Waals surface area contributed by atoms with Crippen molar-refractivity contribution in [2.75, 3.05) is 7.05 Å². The SMILES string of the molecule is CNC(=O)C(NC(=O)C=Cc1ccc(I)o1)c1ccc(F)c(F)c1. The van der Waals surface area contributed by atoms with Crippen molar-refractivity contribution in [2.24, 2.45) is 0 Å². The number of amides is 2. The normalized spacial score (nSPS) is 12.2. The molecule has 5 nitrogen and oxygen atoms in total. The lowest BCUT2D eigenvalue weighted by atomic mass is 10.1. The van der Waals surface area contributed by atoms with Gasteiger partial charge in [-0.2, -0.15) is 0 Å². The summed E-state index contributed by atoms with van der Waals surface area (Å²) in [5.74, 6) is -2.81. The van der Waals surface area contributed by atoms with Crippen LogP contribution in [0.1, 0.15) is 17.4 Å². The maximum Gasteiger partial charge on any atom is 0.246 e. The maximum absolute atomic E-state index is 13.4. The van der Waals surface area contributed by atoms with Crippen LogP contribution in [0.15, 0.2) is 40.8 Å². The highest BCUT2D eigenvalue weighted by molar-refractivity contribution is 14.1. The number of carbonyl (C=O) groups excluding carboxylic acids is 2. The van der Waals surface area contributed by atoms with E-state index in [4.69, 9.17) is 4.42 Å². The number of furan rings is 1. The van der Waals surface area contributed by atoms with E-state index < -0.39 is 29.5 Å². The monoisotopic (exact) mass is 446 g/mol. The molecule has 0 saturated carbocycles. The predicted octanol–water partition coefficient (Wildman–Crippen LogP) is 2.78. The second kappa shape index (κ2) is 8.04. The Kier molecular flexibility index (Phi) is 6.07. The molecule has 2 aromatic rings. The summed E-state index contributed by atoms with van der Waals surface area (Å²) in [6, 6.07) is 5.25. The van der Waals surface area contributed by atoms with Crippen molar-refractivity contribution in [3.8, 4) is 0 Å². The van der Waals surface area contributed by atoms with E-state index in [0.717, 1.165) is 12.1 Å². The lowest BCUT2D eigenvalue weighted by Crippen LogP contribution is -2.38. The smallest absolute Gasteiger partial charge is 0.246 e. The van der Waals surface area contributed by atoms with Crippen molar-refractivity contribution in [1.82, 2.24) is 10.6 Å². The van der Waals surface area contributed by atoms with Gasteiger partial charge in [-0.15, -0.1) is 0 Å². The van der Waals surface area contributed by atoms with Gasteiger partial charge in [-0.25, -0.2) is 8.78 Å². The highest BCUT2D eigenvalue weighted by atomic mass is 127. The van der Waals surface area contributed by atoms with Gasteiger partial charge in [0.1, 0.15) is 11.8 Å². The number of hydrogen-bond donors (Lipinski definition) is 2. The Morgan fingerprint density at radius 2 is 1.96 bits per heavy atom. The fourth-order valence-corrected chi connectivity index (χ4v) is 2.34. The maximum atomic E-state index is 13.4. The molecular weight excluding hydrogens is 433 g/mol. The molecule has 0 radical (unpaired) electrons. The number of carbonyl (C=O) groups is 2. The summed E-state index contributed by atoms with van der Waals surface area (Å²) < 4.78 is 32.3. The van der Waals surface area contributed by atoms with Crippen molar-refractivity contribution in [3.05, 3.63) is 63.1 Å². The van der Waals surface area contributed by atoms with E-state index in [2.05, 4.69) is 10.6 Å². The molecule has 0 fully saturated rings. The highest BCUT2D eigenvalue weighted by Gasteiger charge is 2.22. The van der Waals surface area contributed by atoms with Gasteiger partial charge in [0, 0.05) is 13.1 Å². The molecule has 0 aliphatic carbocycles. The lowest BCUT2D eigenvalue weighted by molar-refractivity contribution is -0.126. The van der Waals surface area contributed by atoms with Gasteiger partial charge >= 0.3 is 0 Å². The number of benzene rings is 1. The van der Waals surface area contributed by atoms with Crippen LogP contribution in [0.5, 0.6) is 0 Å². The van der Waals surface area contributed by atoms with Crippen molar-refractivity contribution in [3.63, 3.8) is 0 Å². The standard InChI is InChI=1S/C16H13F2IN2O3/c1-20-16(23)15(9-2-5-11(17)12(18)8-9)21-14(22)7-4-10-3-6-13(19)24-10/h2-8,15H,1H3,(H,20,23)(H,21,22). The third-order valence-corrected chi connectivity index (χ3v) is 3.64. The topological polar surface area (TPSA) is 71.3 Å². The first-order chi connectivity index (χ1) is 11.4. The van der Waals surface area contributed by atoms with Crippen LogP contribution in [0.4, 0.5) is 8.78 Å². The number of halogens is 3. The van der Waals surface area contributed by atoms with Crippen molar-refractivity contribution >= 4 is 40.5 Å². The number of hydrogen-bond acceptors (Lipinski definition) is 3. The first kappa shape index (κ1) is 18.1. The average molecular weight is 446 g/mol. The minimum absolute atomic E-state index is 0.127. The second-order valence-corrected chi connectivity index (χ2v) is 5.77. The van der Waals surface area contributed by atoms with E-state index in [1.165, 1.54) is 25.3 Å². The fraction of sp³-hybridized carbons (Fsp3) is 0.125. The van der Waals surface area contributed by atoms with Crippen molar-refractivity contribution in [2.45, 2.75) is 6.04 Å². The summed E-state index contributed by atoms with van der Waals surface area (Å²) in [4.78, 5) is 23.9. The van der Waals surface area contributed by atoms with Gasteiger partial charge in [-0.3, -0.25) is 9.59 Å². The van der Waals surface area contributed by atoms with Gasteiger partial charge in [0.25, 0.3) is 0 Å². The third-order valence-electron chi connectivity index (χ3n) is 3.07. The molecule has 2 amide bonds. The first-order valence-corrected chi connectivity index (χ1v) is 7.89. The minimum atomic E-state index is -1.15. The van der Waals surface area contributed by atoms with Gasteiger partial charge < -0.3 is 15.1 Å². The summed E-state index contributed by atoms with van der Waals surface area (Å²) in [5, 5.41) is 4.80. The van der Waals surface area contributed by atoms with Gasteiger partial charge in [0.15, 0.2) is 15.4 Å². The third kappa shape index (κ3) is 4.63. The van der Waals surface area contributed by atoms with E-state index in [9.17, 15) is 18.4 Å². The number of rotatable bonds is 5. The molecule has 0 bridgehead atoms. The molecule has 0 aliphatic rings. The first-order valence-electron chi connectivity index (χ1n) is 6.81. The predicted molar refractivity (Wildman–Crippen MR) is 91.8 cm³/mol. The lowest BCUT2D eigenvalue weighted by Gasteiger charge is -2.17. The van der Waals surface area contributed by atoms with Crippen LogP contribution in [0, 0.1) is 15.4 Å². The highest BCUT2D eigenvalue weighted by Crippen LogP contribution is 2.17. The van der Waals surface area contributed by atoms with E-state index in [1.54, 1.807) is 12.1 Å². The summed E-state index contributed by atoms with van der Waals surface area (Å²) in [7, 11) is 1.38. The Morgan fingerprint density at radius 3 is 2.54 bits per heavy atom. The Balaban J connectivity index is 2.16. The summed E-state index contributed by atoms with van der Waals surface area (Å²) >= 11 is 1.98. The Labute approximate surface area is 150 Å². The Morgan fingerprint density at radius 1 is 1.21 bits per heavy atom. The van der Waals surface area contributed by atoms with Crippen molar-refractivity contribution in [1.29, 1.82) is 0 Å². The number of likely N-dealkylation sites (N-methyl/N-ethyl adjacent to an activating group) is 1. The molecule has 8 heteroatoms. The molecule has 2 rings (SSSR count). The minimum Gasteiger partial charge on any atom is -0.451 e. The van der Waals surface area contributed by atoms with Crippen LogP contribution in [-0.4, -0.2) is 18.9 Å². The van der Waals surface area contributed by atoms with Crippen LogP contribution in [0.2, 0.25) is 0 Å². The van der Waals surface area contributed by atoms with Gasteiger partial charge in [-0.1, -0.05) is 6.07 Å². The van der Waals surface area contributed by atoms with E-state index in [-0.39, 0.29) is 5.56 Å². The molecule has 0 spiro atoms. The molecule has 24 heavy (non-hydrogen) atoms. The van der Waals surface area contributed by atoms with Crippen LogP contribution in [0.3, 0.4) is 0 Å². The zero-order valence-corrected chi connectivity index (χ0v) is 14.6. The zero-order valence-electron chi connectivity index (χ0n) is 12.5. The van der Waals surface area contributed by atoms with Crippen LogP contribution >= 0.6 is 22.6 Å². The van der Waals surface area contributed by atoms with Gasteiger partial charge in [-0.05, 0) is 58.5 Å². The van der Waals surface area contributed by atoms with E-state index in [0.29, 0.717) is 9.53 Å².